The number of aromatic nitrogens is 2. The highest BCUT2D eigenvalue weighted by molar-refractivity contribution is 7.99. The topological polar surface area (TPSA) is 7.76 Å². The first-order valence-corrected chi connectivity index (χ1v) is 16.8. The lowest BCUT2D eigenvalue weighted by atomic mass is 10.0. The van der Waals surface area contributed by atoms with Gasteiger partial charge in [0.05, 0.1) is 0 Å². The monoisotopic (exact) mass is 525 g/mol. The Morgan fingerprint density at radius 2 is 1.03 bits per heavy atom. The Bertz CT molecular complexity index is 742. The van der Waals surface area contributed by atoms with Gasteiger partial charge in [-0.2, -0.15) is 0 Å². The van der Waals surface area contributed by atoms with Gasteiger partial charge in [0, 0.05) is 23.3 Å². The second-order valence-corrected chi connectivity index (χ2v) is 12.0. The SMILES string of the molecule is [CH2]CSCC([n+]1cccc(CCCCCCCCCC)c1)[n+]1cccc(CCCCCCCCCC)c1. The van der Waals surface area contributed by atoms with E-state index in [1.54, 1.807) is 0 Å². The first-order valence-electron chi connectivity index (χ1n) is 15.6. The fourth-order valence-corrected chi connectivity index (χ4v) is 5.92. The fourth-order valence-electron chi connectivity index (χ4n) is 5.19. The average Bonchev–Trinajstić information content (AvgIpc) is 2.92. The van der Waals surface area contributed by atoms with Crippen molar-refractivity contribution in [2.75, 3.05) is 11.5 Å². The first kappa shape index (κ1) is 31.9. The van der Waals surface area contributed by atoms with Gasteiger partial charge in [0.25, 0.3) is 0 Å². The van der Waals surface area contributed by atoms with Crippen LogP contribution in [0.5, 0.6) is 0 Å². The van der Waals surface area contributed by atoms with E-state index in [0.717, 1.165) is 11.5 Å². The van der Waals surface area contributed by atoms with Gasteiger partial charge >= 0.3 is 6.17 Å². The van der Waals surface area contributed by atoms with E-state index in [1.165, 1.54) is 127 Å². The molecule has 0 aromatic carbocycles. The number of rotatable bonds is 23. The van der Waals surface area contributed by atoms with Crippen LogP contribution < -0.4 is 9.13 Å². The zero-order valence-corrected chi connectivity index (χ0v) is 25.2. The van der Waals surface area contributed by atoms with Crippen LogP contribution in [0.3, 0.4) is 0 Å². The molecule has 0 spiro atoms. The molecule has 3 heteroatoms. The maximum Gasteiger partial charge on any atom is 0.361 e. The molecule has 0 saturated carbocycles. The minimum Gasteiger partial charge on any atom is -0.148 e. The number of nitrogens with zero attached hydrogens (tertiary/aromatic N) is 2. The molecule has 0 aliphatic rings. The van der Waals surface area contributed by atoms with Crippen LogP contribution in [-0.4, -0.2) is 11.5 Å². The van der Waals surface area contributed by atoms with E-state index in [4.69, 9.17) is 0 Å². The molecule has 0 aliphatic heterocycles. The minimum absolute atomic E-state index is 0.295. The van der Waals surface area contributed by atoms with Crippen molar-refractivity contribution in [3.8, 4) is 0 Å². The summed E-state index contributed by atoms with van der Waals surface area (Å²) >= 11 is 1.93. The van der Waals surface area contributed by atoms with Crippen LogP contribution in [0.4, 0.5) is 0 Å². The summed E-state index contributed by atoms with van der Waals surface area (Å²) in [4.78, 5) is 0. The Morgan fingerprint density at radius 1 is 0.622 bits per heavy atom. The summed E-state index contributed by atoms with van der Waals surface area (Å²) in [6, 6.07) is 9.11. The molecule has 1 radical (unpaired) electrons. The summed E-state index contributed by atoms with van der Waals surface area (Å²) in [7, 11) is 0. The molecule has 2 nitrogen and oxygen atoms in total. The maximum absolute atomic E-state index is 4.09. The van der Waals surface area contributed by atoms with Crippen LogP contribution in [0.2, 0.25) is 0 Å². The Kier molecular flexibility index (Phi) is 18.6. The summed E-state index contributed by atoms with van der Waals surface area (Å²) in [6.07, 6.45) is 34.0. The van der Waals surface area contributed by atoms with Gasteiger partial charge in [-0.3, -0.25) is 0 Å². The minimum atomic E-state index is 0.295. The van der Waals surface area contributed by atoms with Gasteiger partial charge in [0.15, 0.2) is 24.8 Å². The van der Waals surface area contributed by atoms with Gasteiger partial charge in [-0.25, -0.2) is 0 Å². The highest BCUT2D eigenvalue weighted by Crippen LogP contribution is 2.13. The highest BCUT2D eigenvalue weighted by atomic mass is 32.2. The average molecular weight is 526 g/mol. The largest absolute Gasteiger partial charge is 0.361 e. The number of hydrogen-bond donors (Lipinski definition) is 0. The van der Waals surface area contributed by atoms with E-state index in [0.29, 0.717) is 6.17 Å². The summed E-state index contributed by atoms with van der Waals surface area (Å²) in [5.41, 5.74) is 2.93. The zero-order valence-electron chi connectivity index (χ0n) is 24.3. The molecule has 0 fully saturated rings. The number of aryl methyl sites for hydroxylation is 2. The second-order valence-electron chi connectivity index (χ2n) is 10.8. The van der Waals surface area contributed by atoms with Crippen molar-refractivity contribution in [1.29, 1.82) is 0 Å². The molecule has 2 aromatic heterocycles. The number of thioether (sulfide) groups is 1. The molecule has 2 rings (SSSR count). The van der Waals surface area contributed by atoms with Gasteiger partial charge in [-0.15, -0.1) is 20.9 Å². The Morgan fingerprint density at radius 3 is 1.43 bits per heavy atom. The number of pyridine rings is 2. The van der Waals surface area contributed by atoms with Gasteiger partial charge in [-0.05, 0) is 50.5 Å². The van der Waals surface area contributed by atoms with Crippen LogP contribution >= 0.6 is 11.8 Å². The standard InChI is InChI=1S/C34H57N2S/c1-4-7-9-11-13-15-17-19-23-32-25-21-27-35(29-32)34(31-37-6-3)36-28-22-26-33(30-36)24-20-18-16-14-12-10-8-5-2/h21-22,25-30,34H,3-20,23-24,31H2,1-2H3/q+2. The summed E-state index contributed by atoms with van der Waals surface area (Å²) in [5, 5.41) is 0. The fraction of sp³-hybridized carbons (Fsp3) is 0.676. The lowest BCUT2D eigenvalue weighted by Crippen LogP contribution is -2.58. The molecule has 2 heterocycles. The van der Waals surface area contributed by atoms with Gasteiger partial charge in [0.2, 0.25) is 0 Å². The van der Waals surface area contributed by atoms with Crippen LogP contribution in [-0.2, 0) is 12.8 Å². The van der Waals surface area contributed by atoms with E-state index < -0.39 is 0 Å². The maximum atomic E-state index is 4.09. The highest BCUT2D eigenvalue weighted by Gasteiger charge is 2.27. The molecular formula is C34H57N2S+2. The van der Waals surface area contributed by atoms with Crippen LogP contribution in [0, 0.1) is 6.92 Å². The van der Waals surface area contributed by atoms with Crippen molar-refractivity contribution in [3.63, 3.8) is 0 Å². The molecule has 0 bridgehead atoms. The van der Waals surface area contributed by atoms with Gasteiger partial charge in [-0.1, -0.05) is 104 Å². The van der Waals surface area contributed by atoms with E-state index >= 15 is 0 Å². The molecule has 2 aromatic rings. The number of unbranched alkanes of at least 4 members (excludes halogenated alkanes) is 14. The van der Waals surface area contributed by atoms with Crippen molar-refractivity contribution in [3.05, 3.63) is 67.1 Å². The molecular weight excluding hydrogens is 468 g/mol. The number of hydrogen-bond acceptors (Lipinski definition) is 1. The van der Waals surface area contributed by atoms with Crippen molar-refractivity contribution in [2.45, 2.75) is 136 Å². The zero-order chi connectivity index (χ0) is 26.4. The van der Waals surface area contributed by atoms with Crippen LogP contribution in [0.25, 0.3) is 0 Å². The molecule has 0 atom stereocenters. The second kappa shape index (κ2) is 21.6. The van der Waals surface area contributed by atoms with Crippen molar-refractivity contribution in [2.24, 2.45) is 0 Å². The molecule has 37 heavy (non-hydrogen) atoms. The first-order chi connectivity index (χ1) is 18.3. The van der Waals surface area contributed by atoms with E-state index in [2.05, 4.69) is 79.0 Å². The van der Waals surface area contributed by atoms with Crippen molar-refractivity contribution >= 4 is 11.8 Å². The summed E-state index contributed by atoms with van der Waals surface area (Å²) in [6.45, 7) is 8.67. The lowest BCUT2D eigenvalue weighted by molar-refractivity contribution is -0.940. The van der Waals surface area contributed by atoms with Gasteiger partial charge in [0.1, 0.15) is 5.75 Å². The Labute approximate surface area is 234 Å². The predicted octanol–water partition coefficient (Wildman–Crippen LogP) is 9.24. The van der Waals surface area contributed by atoms with E-state index in [9.17, 15) is 0 Å². The molecule has 0 saturated heterocycles. The third-order valence-electron chi connectivity index (χ3n) is 7.50. The molecule has 0 amide bonds. The third kappa shape index (κ3) is 14.4. The molecule has 0 unspecified atom stereocenters. The van der Waals surface area contributed by atoms with Crippen LogP contribution in [0.1, 0.15) is 134 Å². The predicted molar refractivity (Wildman–Crippen MR) is 163 cm³/mol. The quantitative estimate of drug-likeness (QED) is 0.104. The Balaban J connectivity index is 1.88. The van der Waals surface area contributed by atoms with E-state index in [-0.39, 0.29) is 0 Å². The normalized spacial score (nSPS) is 11.5. The summed E-state index contributed by atoms with van der Waals surface area (Å²) < 4.78 is 4.87. The molecule has 0 N–H and O–H groups in total. The van der Waals surface area contributed by atoms with Crippen molar-refractivity contribution < 1.29 is 9.13 Å². The smallest absolute Gasteiger partial charge is 0.148 e. The summed E-state index contributed by atoms with van der Waals surface area (Å²) in [5.74, 6) is 1.95. The third-order valence-corrected chi connectivity index (χ3v) is 8.33. The van der Waals surface area contributed by atoms with Gasteiger partial charge < -0.3 is 0 Å². The van der Waals surface area contributed by atoms with Crippen LogP contribution in [0.15, 0.2) is 49.1 Å². The van der Waals surface area contributed by atoms with Crippen molar-refractivity contribution in [1.82, 2.24) is 0 Å². The molecule has 207 valence electrons. The Hall–Kier alpha value is -1.35. The molecule has 0 aliphatic carbocycles. The lowest BCUT2D eigenvalue weighted by Gasteiger charge is -2.10. The van der Waals surface area contributed by atoms with E-state index in [1.807, 2.05) is 11.8 Å².